The third kappa shape index (κ3) is 4.88. The van der Waals surface area contributed by atoms with Crippen molar-refractivity contribution in [2.75, 3.05) is 17.3 Å². The Balaban J connectivity index is 1.81. The van der Waals surface area contributed by atoms with Crippen LogP contribution in [0.1, 0.15) is 27.7 Å². The fourth-order valence-electron chi connectivity index (χ4n) is 3.84. The number of hydrogen-bond donors (Lipinski definition) is 2. The lowest BCUT2D eigenvalue weighted by Gasteiger charge is -2.31. The van der Waals surface area contributed by atoms with Crippen LogP contribution in [0.2, 0.25) is 5.02 Å². The first-order chi connectivity index (χ1) is 16.8. The molecule has 1 atom stereocenters. The normalized spacial score (nSPS) is 11.7. The lowest BCUT2D eigenvalue weighted by atomic mass is 9.97. The van der Waals surface area contributed by atoms with Crippen LogP contribution in [0.3, 0.4) is 0 Å². The summed E-state index contributed by atoms with van der Waals surface area (Å²) < 4.78 is 14.4. The van der Waals surface area contributed by atoms with Crippen LogP contribution in [-0.4, -0.2) is 27.6 Å². The number of nitrogens with one attached hydrogen (secondary N) is 1. The van der Waals surface area contributed by atoms with E-state index >= 15 is 0 Å². The molecule has 4 aromatic rings. The summed E-state index contributed by atoms with van der Waals surface area (Å²) in [6.45, 7) is 0. The van der Waals surface area contributed by atoms with Crippen molar-refractivity contribution in [3.63, 3.8) is 0 Å². The van der Waals surface area contributed by atoms with Gasteiger partial charge in [-0.15, -0.1) is 0 Å². The number of aromatic hydroxyl groups is 1. The molecule has 4 rings (SSSR count). The van der Waals surface area contributed by atoms with E-state index in [1.807, 2.05) is 48.5 Å². The predicted molar refractivity (Wildman–Crippen MR) is 134 cm³/mol. The topological polar surface area (TPSA) is 87.5 Å². The predicted octanol–water partition coefficient (Wildman–Crippen LogP) is 4.76. The number of benzene rings is 3. The summed E-state index contributed by atoms with van der Waals surface area (Å²) in [5, 5.41) is 13.5. The largest absolute Gasteiger partial charge is 0.501 e. The van der Waals surface area contributed by atoms with Crippen molar-refractivity contribution in [1.82, 2.24) is 9.55 Å². The van der Waals surface area contributed by atoms with Crippen LogP contribution in [-0.2, 0) is 7.05 Å². The second-order valence-electron chi connectivity index (χ2n) is 7.88. The number of hydrogen-bond acceptors (Lipinski definition) is 5. The first-order valence-corrected chi connectivity index (χ1v) is 11.0. The standard InChI is InChI=1S/C26H22ClFN4O3/c1-31(22(16-8-4-3-5-9-16)19-10-6-7-11-20(19)27)26-30-21(23(33)25(35)32(26)2)24(34)29-18-14-12-17(28)13-15-18/h3-15,22,33H,1-2H3,(H,29,34)/t22-/m1/s1. The monoisotopic (exact) mass is 492 g/mol. The Morgan fingerprint density at radius 1 is 1.06 bits per heavy atom. The summed E-state index contributed by atoms with van der Waals surface area (Å²) >= 11 is 6.53. The maximum absolute atomic E-state index is 13.2. The molecule has 7 nitrogen and oxygen atoms in total. The molecular weight excluding hydrogens is 471 g/mol. The van der Waals surface area contributed by atoms with Gasteiger partial charge in [-0.05, 0) is 41.5 Å². The van der Waals surface area contributed by atoms with Crippen LogP contribution in [0.15, 0.2) is 83.7 Å². The number of amides is 1. The van der Waals surface area contributed by atoms with Gasteiger partial charge in [-0.1, -0.05) is 60.1 Å². The molecule has 1 aromatic heterocycles. The number of anilines is 2. The maximum atomic E-state index is 13.2. The quantitative estimate of drug-likeness (QED) is 0.405. The Labute approximate surface area is 206 Å². The minimum Gasteiger partial charge on any atom is -0.501 e. The van der Waals surface area contributed by atoms with Crippen molar-refractivity contribution >= 4 is 29.1 Å². The SMILES string of the molecule is CN(c1nc(C(=O)Nc2ccc(F)cc2)c(O)c(=O)n1C)[C@H](c1ccccc1)c1ccccc1Cl. The van der Waals surface area contributed by atoms with Crippen LogP contribution in [0, 0.1) is 5.82 Å². The Hall–Kier alpha value is -4.17. The smallest absolute Gasteiger partial charge is 0.297 e. The summed E-state index contributed by atoms with van der Waals surface area (Å²) in [5.41, 5.74) is 0.680. The molecule has 2 N–H and O–H groups in total. The molecular formula is C26H22ClFN4O3. The van der Waals surface area contributed by atoms with Crippen LogP contribution in [0.25, 0.3) is 0 Å². The zero-order valence-electron chi connectivity index (χ0n) is 18.9. The number of halogens is 2. The molecule has 178 valence electrons. The Morgan fingerprint density at radius 2 is 1.69 bits per heavy atom. The van der Waals surface area contributed by atoms with Crippen molar-refractivity contribution in [3.05, 3.63) is 117 Å². The highest BCUT2D eigenvalue weighted by Gasteiger charge is 2.28. The first kappa shape index (κ1) is 24.0. The minimum absolute atomic E-state index is 0.130. The second kappa shape index (κ2) is 9.99. The van der Waals surface area contributed by atoms with E-state index < -0.39 is 34.8 Å². The molecule has 0 saturated heterocycles. The fraction of sp³-hybridized carbons (Fsp3) is 0.115. The molecule has 0 radical (unpaired) electrons. The molecule has 0 bridgehead atoms. The zero-order valence-corrected chi connectivity index (χ0v) is 19.7. The lowest BCUT2D eigenvalue weighted by molar-refractivity contribution is 0.101. The van der Waals surface area contributed by atoms with Crippen molar-refractivity contribution in [3.8, 4) is 5.75 Å². The molecule has 0 aliphatic heterocycles. The van der Waals surface area contributed by atoms with E-state index in [0.29, 0.717) is 5.02 Å². The van der Waals surface area contributed by atoms with Gasteiger partial charge in [-0.25, -0.2) is 9.37 Å². The number of rotatable bonds is 6. The first-order valence-electron chi connectivity index (χ1n) is 10.7. The average molecular weight is 493 g/mol. The number of nitrogens with zero attached hydrogens (tertiary/aromatic N) is 3. The summed E-state index contributed by atoms with van der Waals surface area (Å²) in [6, 6.07) is 21.5. The highest BCUT2D eigenvalue weighted by atomic mass is 35.5. The third-order valence-electron chi connectivity index (χ3n) is 5.58. The summed E-state index contributed by atoms with van der Waals surface area (Å²) in [5.74, 6) is -1.94. The van der Waals surface area contributed by atoms with E-state index in [1.54, 1.807) is 18.0 Å². The Morgan fingerprint density at radius 3 is 2.34 bits per heavy atom. The number of carbonyl (C=O) groups excluding carboxylic acids is 1. The van der Waals surface area contributed by atoms with Gasteiger partial charge in [-0.2, -0.15) is 0 Å². The zero-order chi connectivity index (χ0) is 25.1. The van der Waals surface area contributed by atoms with Crippen molar-refractivity contribution in [2.45, 2.75) is 6.04 Å². The Bertz CT molecular complexity index is 1430. The summed E-state index contributed by atoms with van der Waals surface area (Å²) in [6.07, 6.45) is 0. The van der Waals surface area contributed by atoms with Gasteiger partial charge >= 0.3 is 0 Å². The molecule has 1 heterocycles. The summed E-state index contributed by atoms with van der Waals surface area (Å²) in [4.78, 5) is 31.8. The number of carbonyl (C=O) groups is 1. The third-order valence-corrected chi connectivity index (χ3v) is 5.92. The molecule has 9 heteroatoms. The Kier molecular flexibility index (Phi) is 6.84. The van der Waals surface area contributed by atoms with Crippen LogP contribution in [0.4, 0.5) is 16.0 Å². The van der Waals surface area contributed by atoms with Crippen molar-refractivity contribution < 1.29 is 14.3 Å². The van der Waals surface area contributed by atoms with E-state index in [0.717, 1.165) is 15.7 Å². The summed E-state index contributed by atoms with van der Waals surface area (Å²) in [7, 11) is 3.18. The highest BCUT2D eigenvalue weighted by Crippen LogP contribution is 2.34. The van der Waals surface area contributed by atoms with E-state index in [4.69, 9.17) is 11.6 Å². The lowest BCUT2D eigenvalue weighted by Crippen LogP contribution is -2.34. The van der Waals surface area contributed by atoms with Gasteiger partial charge in [0.1, 0.15) is 5.82 Å². The molecule has 0 spiro atoms. The molecule has 0 fully saturated rings. The molecule has 1 amide bonds. The van der Waals surface area contributed by atoms with E-state index in [1.165, 1.54) is 31.3 Å². The molecule has 3 aromatic carbocycles. The second-order valence-corrected chi connectivity index (χ2v) is 8.29. The fourth-order valence-corrected chi connectivity index (χ4v) is 4.07. The molecule has 0 unspecified atom stereocenters. The van der Waals surface area contributed by atoms with Gasteiger partial charge in [0.05, 0.1) is 6.04 Å². The maximum Gasteiger partial charge on any atom is 0.297 e. The van der Waals surface area contributed by atoms with E-state index in [9.17, 15) is 19.1 Å². The average Bonchev–Trinajstić information content (AvgIpc) is 2.86. The number of aromatic nitrogens is 2. The van der Waals surface area contributed by atoms with Gasteiger partial charge in [-0.3, -0.25) is 14.2 Å². The van der Waals surface area contributed by atoms with Crippen LogP contribution < -0.4 is 15.8 Å². The van der Waals surface area contributed by atoms with E-state index in [2.05, 4.69) is 10.3 Å². The van der Waals surface area contributed by atoms with Crippen molar-refractivity contribution in [1.29, 1.82) is 0 Å². The molecule has 0 aliphatic rings. The molecule has 0 saturated carbocycles. The van der Waals surface area contributed by atoms with Gasteiger partial charge in [0.2, 0.25) is 11.7 Å². The van der Waals surface area contributed by atoms with Crippen LogP contribution in [0.5, 0.6) is 5.75 Å². The van der Waals surface area contributed by atoms with Gasteiger partial charge < -0.3 is 15.3 Å². The molecule has 35 heavy (non-hydrogen) atoms. The van der Waals surface area contributed by atoms with Gasteiger partial charge in [0.25, 0.3) is 11.5 Å². The van der Waals surface area contributed by atoms with Crippen molar-refractivity contribution in [2.24, 2.45) is 7.05 Å². The minimum atomic E-state index is -0.810. The van der Waals surface area contributed by atoms with Gasteiger partial charge in [0, 0.05) is 24.8 Å². The van der Waals surface area contributed by atoms with Gasteiger partial charge in [0.15, 0.2) is 5.69 Å². The molecule has 0 aliphatic carbocycles. The highest BCUT2D eigenvalue weighted by molar-refractivity contribution is 6.31. The van der Waals surface area contributed by atoms with E-state index in [-0.39, 0.29) is 11.6 Å². The van der Waals surface area contributed by atoms with Crippen LogP contribution >= 0.6 is 11.6 Å².